The molecule has 19 heavy (non-hydrogen) atoms. The molecule has 1 aliphatic heterocycles. The summed E-state index contributed by atoms with van der Waals surface area (Å²) in [4.78, 5) is 0. The second-order valence-corrected chi connectivity index (χ2v) is 4.96. The van der Waals surface area contributed by atoms with Crippen molar-refractivity contribution in [2.75, 3.05) is 31.6 Å². The maximum Gasteiger partial charge on any atom is 0.101 e. The minimum atomic E-state index is 0.382. The maximum absolute atomic E-state index is 8.79. The van der Waals surface area contributed by atoms with Crippen LogP contribution in [-0.4, -0.2) is 32.3 Å². The molecule has 0 amide bonds. The Morgan fingerprint density at radius 1 is 1.42 bits per heavy atom. The molecule has 0 saturated carbocycles. The van der Waals surface area contributed by atoms with Gasteiger partial charge < -0.3 is 15.4 Å². The normalized spacial score (nSPS) is 16.0. The van der Waals surface area contributed by atoms with Gasteiger partial charge in [0.25, 0.3) is 0 Å². The highest BCUT2D eigenvalue weighted by Crippen LogP contribution is 2.19. The predicted octanol–water partition coefficient (Wildman–Crippen LogP) is 2.39. The number of benzene rings is 1. The summed E-state index contributed by atoms with van der Waals surface area (Å²) in [5, 5.41) is 15.8. The van der Waals surface area contributed by atoms with E-state index in [-0.39, 0.29) is 0 Å². The number of anilines is 1. The third-order valence-electron chi connectivity index (χ3n) is 3.16. The van der Waals surface area contributed by atoms with E-state index in [4.69, 9.17) is 21.6 Å². The first kappa shape index (κ1) is 14.1. The highest BCUT2D eigenvalue weighted by atomic mass is 35.5. The van der Waals surface area contributed by atoms with Gasteiger partial charge in [-0.2, -0.15) is 5.26 Å². The first-order chi connectivity index (χ1) is 9.29. The molecule has 0 atom stereocenters. The number of piperidine rings is 1. The molecule has 1 heterocycles. The zero-order valence-corrected chi connectivity index (χ0v) is 11.5. The van der Waals surface area contributed by atoms with Gasteiger partial charge in [0.1, 0.15) is 6.07 Å². The molecule has 0 radical (unpaired) electrons. The van der Waals surface area contributed by atoms with Crippen molar-refractivity contribution in [1.82, 2.24) is 5.32 Å². The highest BCUT2D eigenvalue weighted by molar-refractivity contribution is 6.32. The van der Waals surface area contributed by atoms with Crippen LogP contribution in [0.1, 0.15) is 18.4 Å². The van der Waals surface area contributed by atoms with Crippen molar-refractivity contribution in [3.05, 3.63) is 28.8 Å². The van der Waals surface area contributed by atoms with Crippen LogP contribution < -0.4 is 10.6 Å². The van der Waals surface area contributed by atoms with Gasteiger partial charge >= 0.3 is 0 Å². The summed E-state index contributed by atoms with van der Waals surface area (Å²) in [6.45, 7) is 3.51. The second-order valence-electron chi connectivity index (χ2n) is 4.55. The molecule has 2 rings (SSSR count). The maximum atomic E-state index is 8.79. The Balaban J connectivity index is 1.70. The molecule has 0 aliphatic carbocycles. The van der Waals surface area contributed by atoms with Crippen molar-refractivity contribution < 1.29 is 4.74 Å². The summed E-state index contributed by atoms with van der Waals surface area (Å²) in [5.74, 6) is 0. The summed E-state index contributed by atoms with van der Waals surface area (Å²) in [6.07, 6.45) is 2.55. The molecule has 102 valence electrons. The highest BCUT2D eigenvalue weighted by Gasteiger charge is 2.12. The summed E-state index contributed by atoms with van der Waals surface area (Å²) in [5.41, 5.74) is 1.41. The van der Waals surface area contributed by atoms with E-state index in [9.17, 15) is 0 Å². The third kappa shape index (κ3) is 4.39. The van der Waals surface area contributed by atoms with Gasteiger partial charge in [-0.05, 0) is 44.1 Å². The van der Waals surface area contributed by atoms with Crippen molar-refractivity contribution in [2.24, 2.45) is 0 Å². The van der Waals surface area contributed by atoms with Crippen LogP contribution in [0, 0.1) is 11.3 Å². The fourth-order valence-electron chi connectivity index (χ4n) is 2.10. The van der Waals surface area contributed by atoms with E-state index in [1.807, 2.05) is 12.1 Å². The lowest BCUT2D eigenvalue weighted by molar-refractivity contribution is 0.0394. The van der Waals surface area contributed by atoms with Gasteiger partial charge in [0.2, 0.25) is 0 Å². The van der Waals surface area contributed by atoms with Gasteiger partial charge in [-0.1, -0.05) is 11.6 Å². The molecule has 0 aromatic heterocycles. The van der Waals surface area contributed by atoms with E-state index in [1.54, 1.807) is 12.1 Å². The monoisotopic (exact) mass is 279 g/mol. The first-order valence-corrected chi connectivity index (χ1v) is 6.93. The number of nitrogens with zero attached hydrogens (tertiary/aromatic N) is 1. The van der Waals surface area contributed by atoms with Gasteiger partial charge in [-0.15, -0.1) is 0 Å². The van der Waals surface area contributed by atoms with Crippen molar-refractivity contribution in [2.45, 2.75) is 18.9 Å². The second kappa shape index (κ2) is 7.34. The minimum Gasteiger partial charge on any atom is -0.383 e. The minimum absolute atomic E-state index is 0.382. The van der Waals surface area contributed by atoms with Crippen molar-refractivity contribution in [3.8, 4) is 6.07 Å². The van der Waals surface area contributed by atoms with E-state index in [2.05, 4.69) is 10.6 Å². The number of hydrogen-bond donors (Lipinski definition) is 2. The quantitative estimate of drug-likeness (QED) is 0.813. The summed E-state index contributed by atoms with van der Waals surface area (Å²) < 4.78 is 5.79. The van der Waals surface area contributed by atoms with Crippen molar-refractivity contribution >= 4 is 17.3 Å². The Morgan fingerprint density at radius 2 is 2.21 bits per heavy atom. The SMILES string of the molecule is N#Cc1ccc(NCCOC2CCNCC2)cc1Cl. The number of hydrogen-bond acceptors (Lipinski definition) is 4. The Kier molecular flexibility index (Phi) is 5.46. The zero-order chi connectivity index (χ0) is 13.5. The molecular formula is C14H18ClN3O. The van der Waals surface area contributed by atoms with E-state index >= 15 is 0 Å². The fourth-order valence-corrected chi connectivity index (χ4v) is 2.32. The Hall–Kier alpha value is -1.28. The lowest BCUT2D eigenvalue weighted by Gasteiger charge is -2.23. The topological polar surface area (TPSA) is 57.1 Å². The van der Waals surface area contributed by atoms with E-state index in [0.717, 1.165) is 38.2 Å². The number of rotatable bonds is 5. The molecule has 1 fully saturated rings. The van der Waals surface area contributed by atoms with Crippen molar-refractivity contribution in [3.63, 3.8) is 0 Å². The summed E-state index contributed by atoms with van der Waals surface area (Å²) in [6, 6.07) is 7.39. The van der Waals surface area contributed by atoms with Gasteiger partial charge in [0.05, 0.1) is 23.3 Å². The average molecular weight is 280 g/mol. The fraction of sp³-hybridized carbons (Fsp3) is 0.500. The molecule has 0 bridgehead atoms. The molecule has 1 aromatic carbocycles. The molecular weight excluding hydrogens is 262 g/mol. The van der Waals surface area contributed by atoms with Crippen LogP contribution in [0.5, 0.6) is 0 Å². The number of halogens is 1. The molecule has 4 nitrogen and oxygen atoms in total. The molecule has 5 heteroatoms. The largest absolute Gasteiger partial charge is 0.383 e. The lowest BCUT2D eigenvalue weighted by atomic mass is 10.1. The molecule has 1 saturated heterocycles. The number of nitriles is 1. The standard InChI is InChI=1S/C14H18ClN3O/c15-14-9-12(2-1-11(14)10-16)18-7-8-19-13-3-5-17-6-4-13/h1-2,9,13,17-18H,3-8H2. The molecule has 1 aliphatic rings. The molecule has 2 N–H and O–H groups in total. The van der Waals surface area contributed by atoms with Gasteiger partial charge in [0, 0.05) is 12.2 Å². The molecule has 0 spiro atoms. The van der Waals surface area contributed by atoms with Crippen LogP contribution in [0.25, 0.3) is 0 Å². The third-order valence-corrected chi connectivity index (χ3v) is 3.47. The Bertz CT molecular complexity index is 452. The average Bonchev–Trinajstić information content (AvgIpc) is 2.45. The summed E-state index contributed by atoms with van der Waals surface area (Å²) >= 11 is 5.96. The molecule has 1 aromatic rings. The molecule has 0 unspecified atom stereocenters. The van der Waals surface area contributed by atoms with Crippen LogP contribution in [0.2, 0.25) is 5.02 Å². The van der Waals surface area contributed by atoms with Crippen LogP contribution in [0.3, 0.4) is 0 Å². The van der Waals surface area contributed by atoms with Crippen LogP contribution in [-0.2, 0) is 4.74 Å². The van der Waals surface area contributed by atoms with E-state index in [1.165, 1.54) is 0 Å². The van der Waals surface area contributed by atoms with Crippen LogP contribution in [0.15, 0.2) is 18.2 Å². The Labute approximate surface area is 118 Å². The van der Waals surface area contributed by atoms with Crippen molar-refractivity contribution in [1.29, 1.82) is 5.26 Å². The predicted molar refractivity (Wildman–Crippen MR) is 76.5 cm³/mol. The van der Waals surface area contributed by atoms with Gasteiger partial charge in [0.15, 0.2) is 0 Å². The van der Waals surface area contributed by atoms with Gasteiger partial charge in [-0.3, -0.25) is 0 Å². The van der Waals surface area contributed by atoms with Crippen LogP contribution in [0.4, 0.5) is 5.69 Å². The Morgan fingerprint density at radius 3 is 2.89 bits per heavy atom. The number of ether oxygens (including phenoxy) is 1. The van der Waals surface area contributed by atoms with Crippen LogP contribution >= 0.6 is 11.6 Å². The van der Waals surface area contributed by atoms with Gasteiger partial charge in [-0.25, -0.2) is 0 Å². The van der Waals surface area contributed by atoms with E-state index < -0.39 is 0 Å². The number of nitrogens with one attached hydrogen (secondary N) is 2. The first-order valence-electron chi connectivity index (χ1n) is 6.55. The lowest BCUT2D eigenvalue weighted by Crippen LogP contribution is -2.33. The van der Waals surface area contributed by atoms with E-state index in [0.29, 0.717) is 23.3 Å². The zero-order valence-electron chi connectivity index (χ0n) is 10.8. The smallest absolute Gasteiger partial charge is 0.101 e. The summed E-state index contributed by atoms with van der Waals surface area (Å²) in [7, 11) is 0.